The molecular formula is C21H15N. The minimum absolute atomic E-state index is 0.978. The Labute approximate surface area is 129 Å². The second kappa shape index (κ2) is 5.45. The highest BCUT2D eigenvalue weighted by Crippen LogP contribution is 2.24. The second-order valence-electron chi connectivity index (χ2n) is 5.33. The third kappa shape index (κ3) is 2.38. The van der Waals surface area contributed by atoms with E-state index in [2.05, 4.69) is 72.8 Å². The van der Waals surface area contributed by atoms with E-state index in [1.165, 1.54) is 21.7 Å². The molecule has 22 heavy (non-hydrogen) atoms. The van der Waals surface area contributed by atoms with Crippen LogP contribution in [-0.2, 0) is 0 Å². The zero-order valence-corrected chi connectivity index (χ0v) is 12.1. The average molecular weight is 281 g/mol. The van der Waals surface area contributed by atoms with Crippen molar-refractivity contribution in [2.24, 2.45) is 0 Å². The summed E-state index contributed by atoms with van der Waals surface area (Å²) in [6.45, 7) is 0. The predicted molar refractivity (Wildman–Crippen MR) is 94.6 cm³/mol. The molecule has 1 nitrogen and oxygen atoms in total. The minimum atomic E-state index is 0.978. The smallest absolute Gasteiger partial charge is 0.0715 e. The van der Waals surface area contributed by atoms with Gasteiger partial charge in [-0.25, -0.2) is 4.98 Å². The summed E-state index contributed by atoms with van der Waals surface area (Å²) in [5.74, 6) is 0. The van der Waals surface area contributed by atoms with E-state index in [0.29, 0.717) is 0 Å². The highest BCUT2D eigenvalue weighted by atomic mass is 14.7. The fourth-order valence-electron chi connectivity index (χ4n) is 2.74. The van der Waals surface area contributed by atoms with Gasteiger partial charge in [-0.15, -0.1) is 0 Å². The molecule has 0 bridgehead atoms. The molecule has 0 fully saturated rings. The zero-order chi connectivity index (χ0) is 14.8. The third-order valence-corrected chi connectivity index (χ3v) is 3.86. The highest BCUT2D eigenvalue weighted by Gasteiger charge is 2.01. The second-order valence-corrected chi connectivity index (χ2v) is 5.33. The minimum Gasteiger partial charge on any atom is -0.248 e. The molecule has 0 spiro atoms. The van der Waals surface area contributed by atoms with Gasteiger partial charge >= 0.3 is 0 Å². The molecule has 104 valence electrons. The lowest BCUT2D eigenvalue weighted by atomic mass is 10.0. The number of pyridine rings is 1. The summed E-state index contributed by atoms with van der Waals surface area (Å²) < 4.78 is 0. The van der Waals surface area contributed by atoms with Crippen molar-refractivity contribution in [3.63, 3.8) is 0 Å². The molecule has 0 saturated carbocycles. The van der Waals surface area contributed by atoms with Crippen molar-refractivity contribution >= 4 is 33.8 Å². The lowest BCUT2D eigenvalue weighted by Gasteiger charge is -2.04. The SMILES string of the molecule is C(=C\c1ccc2c(ccc3ccccc32)n1)/c1ccccc1. The van der Waals surface area contributed by atoms with Crippen molar-refractivity contribution in [3.8, 4) is 0 Å². The highest BCUT2D eigenvalue weighted by molar-refractivity contribution is 6.06. The number of rotatable bonds is 2. The van der Waals surface area contributed by atoms with Crippen molar-refractivity contribution in [2.45, 2.75) is 0 Å². The average Bonchev–Trinajstić information content (AvgIpc) is 2.60. The Morgan fingerprint density at radius 3 is 2.32 bits per heavy atom. The van der Waals surface area contributed by atoms with E-state index in [1.807, 2.05) is 18.2 Å². The molecule has 0 atom stereocenters. The molecule has 0 aliphatic heterocycles. The molecule has 0 saturated heterocycles. The molecule has 0 unspecified atom stereocenters. The van der Waals surface area contributed by atoms with Crippen LogP contribution < -0.4 is 0 Å². The maximum Gasteiger partial charge on any atom is 0.0715 e. The standard InChI is InChI=1S/C21H15N/c1-2-6-16(7-3-1)10-12-18-13-14-20-19-9-5-4-8-17(19)11-15-21(20)22-18/h1-15H/b12-10+. The molecule has 0 amide bonds. The summed E-state index contributed by atoms with van der Waals surface area (Å²) in [4.78, 5) is 4.75. The number of aromatic nitrogens is 1. The van der Waals surface area contributed by atoms with Crippen LogP contribution in [0.3, 0.4) is 0 Å². The van der Waals surface area contributed by atoms with Gasteiger partial charge in [-0.1, -0.05) is 72.8 Å². The number of hydrogen-bond acceptors (Lipinski definition) is 1. The van der Waals surface area contributed by atoms with Gasteiger partial charge in [0.05, 0.1) is 11.2 Å². The van der Waals surface area contributed by atoms with E-state index < -0.39 is 0 Å². The van der Waals surface area contributed by atoms with Crippen LogP contribution in [0.2, 0.25) is 0 Å². The molecule has 0 aliphatic rings. The number of nitrogens with zero attached hydrogens (tertiary/aromatic N) is 1. The first kappa shape index (κ1) is 12.8. The molecule has 1 aromatic heterocycles. The molecule has 3 aromatic carbocycles. The quantitative estimate of drug-likeness (QED) is 0.438. The molecular weight excluding hydrogens is 266 g/mol. The van der Waals surface area contributed by atoms with E-state index in [-0.39, 0.29) is 0 Å². The molecule has 1 heterocycles. The lowest BCUT2D eigenvalue weighted by molar-refractivity contribution is 1.38. The van der Waals surface area contributed by atoms with Crippen molar-refractivity contribution < 1.29 is 0 Å². The largest absolute Gasteiger partial charge is 0.248 e. The predicted octanol–water partition coefficient (Wildman–Crippen LogP) is 5.56. The fourth-order valence-corrected chi connectivity index (χ4v) is 2.74. The van der Waals surface area contributed by atoms with Gasteiger partial charge in [0.15, 0.2) is 0 Å². The summed E-state index contributed by atoms with van der Waals surface area (Å²) >= 11 is 0. The van der Waals surface area contributed by atoms with E-state index in [0.717, 1.165) is 11.2 Å². The Bertz CT molecular complexity index is 969. The summed E-state index contributed by atoms with van der Waals surface area (Å²) in [6, 6.07) is 27.2. The molecule has 4 aromatic rings. The summed E-state index contributed by atoms with van der Waals surface area (Å²) in [5, 5.41) is 3.71. The Hall–Kier alpha value is -2.93. The monoisotopic (exact) mass is 281 g/mol. The first-order chi connectivity index (χ1) is 10.9. The van der Waals surface area contributed by atoms with E-state index >= 15 is 0 Å². The van der Waals surface area contributed by atoms with Crippen molar-refractivity contribution in [3.05, 3.63) is 90.1 Å². The maximum absolute atomic E-state index is 4.75. The molecule has 0 aliphatic carbocycles. The van der Waals surface area contributed by atoms with E-state index in [4.69, 9.17) is 4.98 Å². The Balaban J connectivity index is 1.78. The molecule has 1 heteroatoms. The van der Waals surface area contributed by atoms with Gasteiger partial charge in [-0.2, -0.15) is 0 Å². The Morgan fingerprint density at radius 2 is 1.41 bits per heavy atom. The van der Waals surface area contributed by atoms with Crippen LogP contribution in [0, 0.1) is 0 Å². The number of hydrogen-bond donors (Lipinski definition) is 0. The zero-order valence-electron chi connectivity index (χ0n) is 12.1. The van der Waals surface area contributed by atoms with Crippen molar-refractivity contribution in [1.82, 2.24) is 4.98 Å². The van der Waals surface area contributed by atoms with Gasteiger partial charge in [-0.05, 0) is 34.5 Å². The lowest BCUT2D eigenvalue weighted by Crippen LogP contribution is -1.84. The first-order valence-corrected chi connectivity index (χ1v) is 7.42. The fraction of sp³-hybridized carbons (Fsp3) is 0. The molecule has 0 N–H and O–H groups in total. The Kier molecular flexibility index (Phi) is 3.17. The first-order valence-electron chi connectivity index (χ1n) is 7.42. The van der Waals surface area contributed by atoms with Crippen LogP contribution in [0.4, 0.5) is 0 Å². The Morgan fingerprint density at radius 1 is 0.591 bits per heavy atom. The van der Waals surface area contributed by atoms with Gasteiger partial charge in [0.25, 0.3) is 0 Å². The number of benzene rings is 3. The van der Waals surface area contributed by atoms with Gasteiger partial charge in [0.1, 0.15) is 0 Å². The van der Waals surface area contributed by atoms with Crippen molar-refractivity contribution in [2.75, 3.05) is 0 Å². The van der Waals surface area contributed by atoms with Crippen LogP contribution in [0.5, 0.6) is 0 Å². The van der Waals surface area contributed by atoms with Gasteiger partial charge in [-0.3, -0.25) is 0 Å². The normalized spacial score (nSPS) is 11.5. The van der Waals surface area contributed by atoms with Crippen LogP contribution in [0.25, 0.3) is 33.8 Å². The molecule has 0 radical (unpaired) electrons. The molecule has 4 rings (SSSR count). The van der Waals surface area contributed by atoms with E-state index in [1.54, 1.807) is 0 Å². The van der Waals surface area contributed by atoms with Gasteiger partial charge in [0, 0.05) is 5.39 Å². The van der Waals surface area contributed by atoms with Gasteiger partial charge < -0.3 is 0 Å². The van der Waals surface area contributed by atoms with Crippen LogP contribution in [0.15, 0.2) is 78.9 Å². The summed E-state index contributed by atoms with van der Waals surface area (Å²) in [5.41, 5.74) is 3.20. The number of fused-ring (bicyclic) bond motifs is 3. The maximum atomic E-state index is 4.75. The third-order valence-electron chi connectivity index (χ3n) is 3.86. The summed E-state index contributed by atoms with van der Waals surface area (Å²) in [6.07, 6.45) is 4.15. The van der Waals surface area contributed by atoms with Gasteiger partial charge in [0.2, 0.25) is 0 Å². The van der Waals surface area contributed by atoms with Crippen LogP contribution in [-0.4, -0.2) is 4.98 Å². The van der Waals surface area contributed by atoms with Crippen molar-refractivity contribution in [1.29, 1.82) is 0 Å². The topological polar surface area (TPSA) is 12.9 Å². The van der Waals surface area contributed by atoms with E-state index in [9.17, 15) is 0 Å². The van der Waals surface area contributed by atoms with Crippen LogP contribution >= 0.6 is 0 Å². The van der Waals surface area contributed by atoms with Crippen LogP contribution in [0.1, 0.15) is 11.3 Å². The summed E-state index contributed by atoms with van der Waals surface area (Å²) in [7, 11) is 0.